The summed E-state index contributed by atoms with van der Waals surface area (Å²) in [4.78, 5) is 2.27. The van der Waals surface area contributed by atoms with Crippen molar-refractivity contribution < 1.29 is 5.11 Å². The average Bonchev–Trinajstić information content (AvgIpc) is 2.33. The minimum absolute atomic E-state index is 0.552. The van der Waals surface area contributed by atoms with Crippen molar-refractivity contribution in [3.05, 3.63) is 35.4 Å². The summed E-state index contributed by atoms with van der Waals surface area (Å²) in [5.41, 5.74) is 1.81. The lowest BCUT2D eigenvalue weighted by Crippen LogP contribution is -2.40. The van der Waals surface area contributed by atoms with Crippen molar-refractivity contribution in [3.8, 4) is 0 Å². The summed E-state index contributed by atoms with van der Waals surface area (Å²) in [6.07, 6.45) is 1.68. The van der Waals surface area contributed by atoms with Gasteiger partial charge in [-0.2, -0.15) is 0 Å². The number of benzene rings is 1. The summed E-state index contributed by atoms with van der Waals surface area (Å²) < 4.78 is 0. The summed E-state index contributed by atoms with van der Waals surface area (Å²) >= 11 is 0. The molecule has 1 aromatic rings. The van der Waals surface area contributed by atoms with Crippen LogP contribution in [0.1, 0.15) is 43.7 Å². The predicted molar refractivity (Wildman–Crippen MR) is 71.2 cm³/mol. The van der Waals surface area contributed by atoms with Crippen LogP contribution >= 0.6 is 0 Å². The topological polar surface area (TPSA) is 23.5 Å². The van der Waals surface area contributed by atoms with Gasteiger partial charge in [-0.05, 0) is 36.9 Å². The quantitative estimate of drug-likeness (QED) is 0.849. The molecular formula is C15H23NO. The van der Waals surface area contributed by atoms with Gasteiger partial charge in [-0.25, -0.2) is 0 Å². The summed E-state index contributed by atoms with van der Waals surface area (Å²) in [5.74, 6) is 0.552. The molecule has 1 aliphatic heterocycles. The molecule has 2 rings (SSSR count). The molecule has 1 saturated heterocycles. The molecular weight excluding hydrogens is 210 g/mol. The third-order valence-electron chi connectivity index (χ3n) is 3.93. The summed E-state index contributed by atoms with van der Waals surface area (Å²) in [7, 11) is 2.11. The maximum Gasteiger partial charge on any atom is 0.0920 e. The van der Waals surface area contributed by atoms with Crippen molar-refractivity contribution in [2.75, 3.05) is 20.1 Å². The van der Waals surface area contributed by atoms with Crippen LogP contribution in [0.4, 0.5) is 0 Å². The number of rotatable bonds is 2. The molecule has 2 nitrogen and oxygen atoms in total. The van der Waals surface area contributed by atoms with E-state index in [9.17, 15) is 5.11 Å². The monoisotopic (exact) mass is 233 g/mol. The first-order valence-corrected chi connectivity index (χ1v) is 6.53. The number of nitrogens with zero attached hydrogens (tertiary/aromatic N) is 1. The molecule has 17 heavy (non-hydrogen) atoms. The van der Waals surface area contributed by atoms with Crippen LogP contribution in [0.3, 0.4) is 0 Å². The van der Waals surface area contributed by atoms with Crippen molar-refractivity contribution in [1.29, 1.82) is 0 Å². The highest BCUT2D eigenvalue weighted by atomic mass is 16.3. The van der Waals surface area contributed by atoms with E-state index < -0.39 is 5.60 Å². The van der Waals surface area contributed by atoms with Crippen LogP contribution in [0.15, 0.2) is 24.3 Å². The van der Waals surface area contributed by atoms with Gasteiger partial charge in [0.1, 0.15) is 0 Å². The Balaban J connectivity index is 2.16. The van der Waals surface area contributed by atoms with Crippen LogP contribution in [0, 0.1) is 0 Å². The molecule has 0 unspecified atom stereocenters. The summed E-state index contributed by atoms with van der Waals surface area (Å²) in [5, 5.41) is 10.7. The van der Waals surface area contributed by atoms with Crippen LogP contribution in [0.5, 0.6) is 0 Å². The minimum atomic E-state index is -0.609. The highest BCUT2D eigenvalue weighted by Gasteiger charge is 2.32. The zero-order chi connectivity index (χ0) is 12.5. The molecule has 0 amide bonds. The van der Waals surface area contributed by atoms with E-state index in [1.54, 1.807) is 0 Å². The first kappa shape index (κ1) is 12.6. The normalized spacial score (nSPS) is 20.8. The lowest BCUT2D eigenvalue weighted by atomic mass is 9.84. The molecule has 1 N–H and O–H groups in total. The van der Waals surface area contributed by atoms with Crippen LogP contribution < -0.4 is 0 Å². The molecule has 0 atom stereocenters. The van der Waals surface area contributed by atoms with Crippen molar-refractivity contribution >= 4 is 0 Å². The predicted octanol–water partition coefficient (Wildman–Crippen LogP) is 2.72. The van der Waals surface area contributed by atoms with Gasteiger partial charge in [0.05, 0.1) is 5.60 Å². The Morgan fingerprint density at radius 1 is 1.12 bits per heavy atom. The Morgan fingerprint density at radius 2 is 1.65 bits per heavy atom. The zero-order valence-corrected chi connectivity index (χ0v) is 11.1. The average molecular weight is 233 g/mol. The standard InChI is InChI=1S/C15H23NO/c1-12(2)13-4-6-14(7-5-13)15(17)8-10-16(3)11-9-15/h4-7,12,17H,8-11H2,1-3H3. The Bertz CT molecular complexity index is 361. The molecule has 1 aliphatic rings. The first-order valence-electron chi connectivity index (χ1n) is 6.53. The van der Waals surface area contributed by atoms with E-state index >= 15 is 0 Å². The Labute approximate surface area is 104 Å². The molecule has 0 bridgehead atoms. The molecule has 1 heterocycles. The van der Waals surface area contributed by atoms with Crippen LogP contribution in [-0.2, 0) is 5.60 Å². The van der Waals surface area contributed by atoms with Crippen LogP contribution in [-0.4, -0.2) is 30.1 Å². The molecule has 0 aliphatic carbocycles. The molecule has 0 aromatic heterocycles. The molecule has 1 aromatic carbocycles. The van der Waals surface area contributed by atoms with Crippen LogP contribution in [0.25, 0.3) is 0 Å². The third kappa shape index (κ3) is 2.70. The lowest BCUT2D eigenvalue weighted by molar-refractivity contribution is -0.0203. The molecule has 0 saturated carbocycles. The fraction of sp³-hybridized carbons (Fsp3) is 0.600. The second-order valence-electron chi connectivity index (χ2n) is 5.61. The molecule has 0 spiro atoms. The van der Waals surface area contributed by atoms with Crippen molar-refractivity contribution in [1.82, 2.24) is 4.90 Å². The first-order chi connectivity index (χ1) is 8.01. The molecule has 1 fully saturated rings. The lowest BCUT2D eigenvalue weighted by Gasteiger charge is -2.37. The van der Waals surface area contributed by atoms with Gasteiger partial charge in [0.15, 0.2) is 0 Å². The third-order valence-corrected chi connectivity index (χ3v) is 3.93. The van der Waals surface area contributed by atoms with E-state index in [0.29, 0.717) is 5.92 Å². The van der Waals surface area contributed by atoms with Gasteiger partial charge in [0.25, 0.3) is 0 Å². The highest BCUT2D eigenvalue weighted by molar-refractivity contribution is 5.29. The van der Waals surface area contributed by atoms with Gasteiger partial charge in [0, 0.05) is 13.1 Å². The Kier molecular flexibility index (Phi) is 3.55. The molecule has 0 radical (unpaired) electrons. The van der Waals surface area contributed by atoms with Crippen molar-refractivity contribution in [3.63, 3.8) is 0 Å². The van der Waals surface area contributed by atoms with E-state index in [4.69, 9.17) is 0 Å². The number of aliphatic hydroxyl groups is 1. The Hall–Kier alpha value is -0.860. The fourth-order valence-electron chi connectivity index (χ4n) is 2.46. The fourth-order valence-corrected chi connectivity index (χ4v) is 2.46. The second-order valence-corrected chi connectivity index (χ2v) is 5.61. The van der Waals surface area contributed by atoms with E-state index in [1.165, 1.54) is 5.56 Å². The van der Waals surface area contributed by atoms with E-state index in [-0.39, 0.29) is 0 Å². The van der Waals surface area contributed by atoms with Gasteiger partial charge in [-0.3, -0.25) is 0 Å². The Morgan fingerprint density at radius 3 is 2.12 bits per heavy atom. The van der Waals surface area contributed by atoms with Gasteiger partial charge in [0.2, 0.25) is 0 Å². The number of hydrogen-bond acceptors (Lipinski definition) is 2. The zero-order valence-electron chi connectivity index (χ0n) is 11.1. The van der Waals surface area contributed by atoms with Gasteiger partial charge >= 0.3 is 0 Å². The molecule has 94 valence electrons. The smallest absolute Gasteiger partial charge is 0.0920 e. The van der Waals surface area contributed by atoms with Crippen molar-refractivity contribution in [2.24, 2.45) is 0 Å². The molecule has 2 heteroatoms. The van der Waals surface area contributed by atoms with E-state index in [2.05, 4.69) is 50.1 Å². The van der Waals surface area contributed by atoms with Gasteiger partial charge in [-0.15, -0.1) is 0 Å². The second kappa shape index (κ2) is 4.79. The number of likely N-dealkylation sites (tertiary alicyclic amines) is 1. The number of piperidine rings is 1. The SMILES string of the molecule is CC(C)c1ccc(C2(O)CCN(C)CC2)cc1. The van der Waals surface area contributed by atoms with E-state index in [0.717, 1.165) is 31.5 Å². The van der Waals surface area contributed by atoms with Crippen LogP contribution in [0.2, 0.25) is 0 Å². The van der Waals surface area contributed by atoms with Gasteiger partial charge < -0.3 is 10.0 Å². The summed E-state index contributed by atoms with van der Waals surface area (Å²) in [6, 6.07) is 8.49. The minimum Gasteiger partial charge on any atom is -0.385 e. The van der Waals surface area contributed by atoms with Gasteiger partial charge in [-0.1, -0.05) is 38.1 Å². The summed E-state index contributed by atoms with van der Waals surface area (Å²) in [6.45, 7) is 6.34. The maximum absolute atomic E-state index is 10.7. The van der Waals surface area contributed by atoms with E-state index in [1.807, 2.05) is 0 Å². The number of hydrogen-bond donors (Lipinski definition) is 1. The highest BCUT2D eigenvalue weighted by Crippen LogP contribution is 2.32. The van der Waals surface area contributed by atoms with Crippen molar-refractivity contribution in [2.45, 2.75) is 38.2 Å². The maximum atomic E-state index is 10.7. The largest absolute Gasteiger partial charge is 0.385 e.